The Morgan fingerprint density at radius 2 is 2.25 bits per heavy atom. The van der Waals surface area contributed by atoms with Crippen LogP contribution in [0.15, 0.2) is 12.4 Å². The fourth-order valence-electron chi connectivity index (χ4n) is 1.09. The van der Waals surface area contributed by atoms with E-state index in [1.807, 2.05) is 6.20 Å². The summed E-state index contributed by atoms with van der Waals surface area (Å²) in [6.07, 6.45) is 4.72. The first kappa shape index (κ1) is 13.3. The Bertz CT molecular complexity index is 279. The molecule has 0 radical (unpaired) electrons. The van der Waals surface area contributed by atoms with Gasteiger partial charge < -0.3 is 10.1 Å². The first-order valence-corrected chi connectivity index (χ1v) is 6.63. The van der Waals surface area contributed by atoms with Crippen molar-refractivity contribution in [3.63, 3.8) is 0 Å². The zero-order chi connectivity index (χ0) is 11.6. The molecule has 1 aromatic rings. The second-order valence-electron chi connectivity index (χ2n) is 3.37. The minimum absolute atomic E-state index is 0.786. The first-order chi connectivity index (χ1) is 7.86. The van der Waals surface area contributed by atoms with Crippen LogP contribution >= 0.6 is 11.8 Å². The molecule has 0 atom stereocenters. The van der Waals surface area contributed by atoms with Crippen molar-refractivity contribution in [1.29, 1.82) is 0 Å². The molecule has 0 saturated heterocycles. The third-order valence-electron chi connectivity index (χ3n) is 1.94. The zero-order valence-corrected chi connectivity index (χ0v) is 10.7. The lowest BCUT2D eigenvalue weighted by atomic mass is 10.4. The third-order valence-corrected chi connectivity index (χ3v) is 2.90. The summed E-state index contributed by atoms with van der Waals surface area (Å²) in [5.74, 6) is 2.74. The Hall–Kier alpha value is -0.810. The third kappa shape index (κ3) is 5.32. The summed E-state index contributed by atoms with van der Waals surface area (Å²) >= 11 is 1.81. The molecule has 5 heteroatoms. The summed E-state index contributed by atoms with van der Waals surface area (Å²) in [7, 11) is 1.72. The predicted octanol–water partition coefficient (Wildman–Crippen LogP) is 2.18. The molecule has 0 aliphatic carbocycles. The van der Waals surface area contributed by atoms with E-state index in [1.165, 1.54) is 0 Å². The summed E-state index contributed by atoms with van der Waals surface area (Å²) < 4.78 is 4.98. The van der Waals surface area contributed by atoms with Gasteiger partial charge in [0.2, 0.25) is 0 Å². The lowest BCUT2D eigenvalue weighted by Gasteiger charge is -2.04. The highest BCUT2D eigenvalue weighted by atomic mass is 32.2. The number of aromatic nitrogens is 2. The lowest BCUT2D eigenvalue weighted by molar-refractivity contribution is 0.218. The Morgan fingerprint density at radius 3 is 2.88 bits per heavy atom. The molecule has 4 nitrogen and oxygen atoms in total. The van der Waals surface area contributed by atoms with Gasteiger partial charge in [-0.25, -0.2) is 4.98 Å². The number of nitrogens with zero attached hydrogens (tertiary/aromatic N) is 2. The topological polar surface area (TPSA) is 47.0 Å². The van der Waals surface area contributed by atoms with E-state index in [9.17, 15) is 0 Å². The molecular weight excluding hydrogens is 222 g/mol. The van der Waals surface area contributed by atoms with Crippen molar-refractivity contribution in [2.24, 2.45) is 0 Å². The monoisotopic (exact) mass is 241 g/mol. The van der Waals surface area contributed by atoms with Gasteiger partial charge in [-0.1, -0.05) is 6.92 Å². The zero-order valence-electron chi connectivity index (χ0n) is 9.90. The fraction of sp³-hybridized carbons (Fsp3) is 0.636. The Balaban J connectivity index is 2.27. The van der Waals surface area contributed by atoms with E-state index >= 15 is 0 Å². The van der Waals surface area contributed by atoms with Crippen LogP contribution in [0.5, 0.6) is 0 Å². The molecule has 0 saturated carbocycles. The minimum atomic E-state index is 0.786. The Morgan fingerprint density at radius 1 is 1.38 bits per heavy atom. The van der Waals surface area contributed by atoms with Crippen LogP contribution in [-0.2, 0) is 10.5 Å². The molecule has 0 amide bonds. The van der Waals surface area contributed by atoms with Crippen LogP contribution < -0.4 is 5.32 Å². The van der Waals surface area contributed by atoms with Crippen LogP contribution in [0.25, 0.3) is 0 Å². The summed E-state index contributed by atoms with van der Waals surface area (Å²) in [5.41, 5.74) is 1.02. The van der Waals surface area contributed by atoms with Gasteiger partial charge in [0.1, 0.15) is 5.82 Å². The highest BCUT2D eigenvalue weighted by molar-refractivity contribution is 7.98. The van der Waals surface area contributed by atoms with Crippen molar-refractivity contribution in [2.75, 3.05) is 31.3 Å². The van der Waals surface area contributed by atoms with E-state index in [0.29, 0.717) is 0 Å². The maximum absolute atomic E-state index is 4.98. The van der Waals surface area contributed by atoms with E-state index < -0.39 is 0 Å². The predicted molar refractivity (Wildman–Crippen MR) is 68.9 cm³/mol. The van der Waals surface area contributed by atoms with Gasteiger partial charge in [-0.3, -0.25) is 4.98 Å². The molecular formula is C11H19N3OS. The lowest BCUT2D eigenvalue weighted by Crippen LogP contribution is -2.03. The maximum atomic E-state index is 4.98. The average molecular weight is 241 g/mol. The largest absolute Gasteiger partial charge is 0.384 e. The quantitative estimate of drug-likeness (QED) is 0.707. The van der Waals surface area contributed by atoms with Crippen LogP contribution in [0, 0.1) is 0 Å². The highest BCUT2D eigenvalue weighted by Crippen LogP contribution is 2.10. The average Bonchev–Trinajstić information content (AvgIpc) is 2.33. The first-order valence-electron chi connectivity index (χ1n) is 5.48. The van der Waals surface area contributed by atoms with Crippen molar-refractivity contribution < 1.29 is 4.74 Å². The summed E-state index contributed by atoms with van der Waals surface area (Å²) in [5, 5.41) is 3.20. The van der Waals surface area contributed by atoms with Crippen molar-refractivity contribution in [3.05, 3.63) is 18.1 Å². The second kappa shape index (κ2) is 8.35. The van der Waals surface area contributed by atoms with Crippen molar-refractivity contribution in [1.82, 2.24) is 9.97 Å². The molecule has 1 rings (SSSR count). The van der Waals surface area contributed by atoms with E-state index in [1.54, 1.807) is 25.1 Å². The number of hydrogen-bond acceptors (Lipinski definition) is 5. The Kier molecular flexibility index (Phi) is 6.92. The van der Waals surface area contributed by atoms with Crippen LogP contribution in [0.4, 0.5) is 5.82 Å². The number of thioether (sulfide) groups is 1. The van der Waals surface area contributed by atoms with Gasteiger partial charge in [-0.05, 0) is 6.42 Å². The number of rotatable bonds is 8. The van der Waals surface area contributed by atoms with Gasteiger partial charge >= 0.3 is 0 Å². The molecule has 0 unspecified atom stereocenters. The number of ether oxygens (including phenoxy) is 1. The maximum Gasteiger partial charge on any atom is 0.144 e. The molecule has 0 spiro atoms. The molecule has 1 heterocycles. The summed E-state index contributed by atoms with van der Waals surface area (Å²) in [6.45, 7) is 3.85. The van der Waals surface area contributed by atoms with Gasteiger partial charge in [0.05, 0.1) is 24.7 Å². The van der Waals surface area contributed by atoms with E-state index in [2.05, 4.69) is 22.2 Å². The van der Waals surface area contributed by atoms with Gasteiger partial charge in [-0.15, -0.1) is 0 Å². The van der Waals surface area contributed by atoms with Crippen molar-refractivity contribution in [3.8, 4) is 0 Å². The van der Waals surface area contributed by atoms with E-state index in [0.717, 1.165) is 42.6 Å². The van der Waals surface area contributed by atoms with Crippen molar-refractivity contribution in [2.45, 2.75) is 19.1 Å². The molecule has 1 N–H and O–H groups in total. The van der Waals surface area contributed by atoms with Crippen molar-refractivity contribution >= 4 is 17.6 Å². The van der Waals surface area contributed by atoms with Crippen LogP contribution in [0.1, 0.15) is 19.0 Å². The van der Waals surface area contributed by atoms with Crippen LogP contribution in [0.3, 0.4) is 0 Å². The van der Waals surface area contributed by atoms with Gasteiger partial charge in [0.25, 0.3) is 0 Å². The highest BCUT2D eigenvalue weighted by Gasteiger charge is 1.97. The van der Waals surface area contributed by atoms with Crippen LogP contribution in [0.2, 0.25) is 0 Å². The van der Waals surface area contributed by atoms with E-state index in [-0.39, 0.29) is 0 Å². The number of methoxy groups -OCH3 is 1. The molecule has 16 heavy (non-hydrogen) atoms. The summed E-state index contributed by atoms with van der Waals surface area (Å²) in [6, 6.07) is 0. The molecule has 0 aromatic carbocycles. The smallest absolute Gasteiger partial charge is 0.144 e. The molecule has 0 fully saturated rings. The number of nitrogens with one attached hydrogen (secondary N) is 1. The molecule has 90 valence electrons. The second-order valence-corrected chi connectivity index (χ2v) is 4.47. The standard InChI is InChI=1S/C11H19N3OS/c1-3-4-12-11-8-13-10(7-14-11)9-16-6-5-15-2/h7-8H,3-6,9H2,1-2H3,(H,12,14). The molecule has 0 aliphatic rings. The minimum Gasteiger partial charge on any atom is -0.384 e. The number of anilines is 1. The van der Waals surface area contributed by atoms with Gasteiger partial charge in [-0.2, -0.15) is 11.8 Å². The van der Waals surface area contributed by atoms with Gasteiger partial charge in [0, 0.05) is 25.2 Å². The normalized spacial score (nSPS) is 10.4. The fourth-order valence-corrected chi connectivity index (χ4v) is 1.88. The van der Waals surface area contributed by atoms with Crippen LogP contribution in [-0.4, -0.2) is 36.0 Å². The Labute approximate surface area is 101 Å². The number of hydrogen-bond donors (Lipinski definition) is 1. The molecule has 0 aliphatic heterocycles. The SMILES string of the molecule is CCCNc1cnc(CSCCOC)cn1. The van der Waals surface area contributed by atoms with Gasteiger partial charge in [0.15, 0.2) is 0 Å². The van der Waals surface area contributed by atoms with E-state index in [4.69, 9.17) is 4.74 Å². The molecule has 1 aromatic heterocycles. The summed E-state index contributed by atoms with van der Waals surface area (Å²) in [4.78, 5) is 8.64. The molecule has 0 bridgehead atoms.